The molecule has 0 N–H and O–H groups in total. The molecule has 2 aliphatic rings. The van der Waals surface area contributed by atoms with E-state index in [1.165, 1.54) is 13.8 Å². The molecular weight excluding hydrogens is 376 g/mol. The molecule has 0 unspecified atom stereocenters. The molecule has 0 bridgehead atoms. The fraction of sp³-hybridized carbons (Fsp3) is 0.545. The van der Waals surface area contributed by atoms with Gasteiger partial charge >= 0.3 is 17.9 Å². The van der Waals surface area contributed by atoms with Crippen molar-refractivity contribution in [2.75, 3.05) is 0 Å². The third-order valence-electron chi connectivity index (χ3n) is 5.45. The Balaban J connectivity index is 2.54. The van der Waals surface area contributed by atoms with Crippen LogP contribution in [0.15, 0.2) is 35.5 Å². The molecule has 2 rings (SSSR count). The average Bonchev–Trinajstić information content (AvgIpc) is 2.90. The Labute approximate surface area is 170 Å². The van der Waals surface area contributed by atoms with Gasteiger partial charge in [0, 0.05) is 37.3 Å². The number of fused-ring (bicyclic) bond motifs is 1. The third-order valence-corrected chi connectivity index (χ3v) is 5.45. The first-order valence-corrected chi connectivity index (χ1v) is 9.60. The summed E-state index contributed by atoms with van der Waals surface area (Å²) in [5.74, 6) is -2.73. The van der Waals surface area contributed by atoms with Crippen molar-refractivity contribution < 1.29 is 33.4 Å². The van der Waals surface area contributed by atoms with Gasteiger partial charge in [-0.2, -0.15) is 0 Å². The molecule has 0 aromatic carbocycles. The molecule has 1 aliphatic carbocycles. The minimum absolute atomic E-state index is 0.0520. The molecule has 0 saturated carbocycles. The maximum Gasteiger partial charge on any atom is 0.334 e. The number of Topliss-reactive ketones (excluding diaryl/α,β-unsaturated/α-hetero) is 1. The van der Waals surface area contributed by atoms with Crippen molar-refractivity contribution in [3.8, 4) is 0 Å². The number of hydrogen-bond acceptors (Lipinski definition) is 7. The Morgan fingerprint density at radius 1 is 1.31 bits per heavy atom. The molecule has 29 heavy (non-hydrogen) atoms. The van der Waals surface area contributed by atoms with Crippen LogP contribution in [0.4, 0.5) is 0 Å². The molecular formula is C22H28O7. The highest BCUT2D eigenvalue weighted by Gasteiger charge is 2.50. The summed E-state index contributed by atoms with van der Waals surface area (Å²) in [6, 6.07) is 0. The lowest BCUT2D eigenvalue weighted by atomic mass is 9.79. The Morgan fingerprint density at radius 2 is 1.97 bits per heavy atom. The zero-order chi connectivity index (χ0) is 21.9. The monoisotopic (exact) mass is 404 g/mol. The minimum Gasteiger partial charge on any atom is -0.458 e. The van der Waals surface area contributed by atoms with Gasteiger partial charge in [-0.05, 0) is 27.7 Å². The second-order valence-corrected chi connectivity index (χ2v) is 7.82. The molecule has 0 radical (unpaired) electrons. The highest BCUT2D eigenvalue weighted by molar-refractivity contribution is 5.93. The summed E-state index contributed by atoms with van der Waals surface area (Å²) in [6.45, 7) is 11.7. The molecule has 4 atom stereocenters. The predicted molar refractivity (Wildman–Crippen MR) is 105 cm³/mol. The van der Waals surface area contributed by atoms with E-state index in [0.717, 1.165) is 5.57 Å². The number of rotatable bonds is 3. The zero-order valence-electron chi connectivity index (χ0n) is 17.6. The Hall–Kier alpha value is -2.70. The van der Waals surface area contributed by atoms with Crippen LogP contribution in [0.1, 0.15) is 53.9 Å². The van der Waals surface area contributed by atoms with Gasteiger partial charge in [-0.25, -0.2) is 9.59 Å². The number of allylic oxidation sites excluding steroid dienone is 2. The normalized spacial score (nSPS) is 30.8. The number of esters is 3. The predicted octanol–water partition coefficient (Wildman–Crippen LogP) is 2.98. The van der Waals surface area contributed by atoms with Crippen LogP contribution in [0.2, 0.25) is 0 Å². The quantitative estimate of drug-likeness (QED) is 0.309. The molecule has 1 heterocycles. The number of ketones is 1. The van der Waals surface area contributed by atoms with Gasteiger partial charge in [0.2, 0.25) is 0 Å². The van der Waals surface area contributed by atoms with E-state index in [4.69, 9.17) is 14.2 Å². The van der Waals surface area contributed by atoms with Crippen LogP contribution in [0, 0.1) is 5.92 Å². The van der Waals surface area contributed by atoms with E-state index in [-0.39, 0.29) is 24.2 Å². The van der Waals surface area contributed by atoms with E-state index in [9.17, 15) is 19.2 Å². The first kappa shape index (κ1) is 22.6. The SMILES string of the molecule is C=C1C(=O)O[C@@H]2CC(C)=CCC(=O)[C@](C)(OC(C)=O)C[C@H](OC(=O)C(C)=CC)[C@@H]12. The van der Waals surface area contributed by atoms with Gasteiger partial charge in [0.15, 0.2) is 11.4 Å². The molecule has 1 aliphatic heterocycles. The fourth-order valence-corrected chi connectivity index (χ4v) is 3.67. The van der Waals surface area contributed by atoms with Crippen molar-refractivity contribution >= 4 is 23.7 Å². The van der Waals surface area contributed by atoms with Crippen LogP contribution < -0.4 is 0 Å². The Kier molecular flexibility index (Phi) is 6.82. The second-order valence-electron chi connectivity index (χ2n) is 7.82. The fourth-order valence-electron chi connectivity index (χ4n) is 3.67. The second kappa shape index (κ2) is 8.76. The lowest BCUT2D eigenvalue weighted by Crippen LogP contribution is -2.47. The molecule has 1 fully saturated rings. The van der Waals surface area contributed by atoms with Crippen LogP contribution in [-0.2, 0) is 33.4 Å². The van der Waals surface area contributed by atoms with Crippen molar-refractivity contribution in [3.63, 3.8) is 0 Å². The van der Waals surface area contributed by atoms with Crippen LogP contribution in [-0.4, -0.2) is 41.5 Å². The van der Waals surface area contributed by atoms with Gasteiger partial charge in [-0.15, -0.1) is 0 Å². The molecule has 1 saturated heterocycles. The van der Waals surface area contributed by atoms with Crippen LogP contribution in [0.3, 0.4) is 0 Å². The number of ether oxygens (including phenoxy) is 3. The smallest absolute Gasteiger partial charge is 0.334 e. The Morgan fingerprint density at radius 3 is 2.55 bits per heavy atom. The van der Waals surface area contributed by atoms with Gasteiger partial charge in [-0.3, -0.25) is 9.59 Å². The average molecular weight is 404 g/mol. The van der Waals surface area contributed by atoms with Crippen molar-refractivity contribution in [3.05, 3.63) is 35.5 Å². The van der Waals surface area contributed by atoms with E-state index in [2.05, 4.69) is 6.58 Å². The van der Waals surface area contributed by atoms with Gasteiger partial charge in [-0.1, -0.05) is 24.3 Å². The first-order chi connectivity index (χ1) is 13.5. The molecule has 0 spiro atoms. The standard InChI is InChI=1S/C22H28O7/c1-7-13(3)20(25)28-17-11-22(6,29-15(5)23)18(24)9-8-12(2)10-16-19(17)14(4)21(26)27-16/h7-8,16-17,19H,4,9-11H2,1-3,5-6H3/t16-,17+,19+,22-/m1/s1. The van der Waals surface area contributed by atoms with Gasteiger partial charge < -0.3 is 14.2 Å². The third kappa shape index (κ3) is 5.02. The molecule has 7 nitrogen and oxygen atoms in total. The van der Waals surface area contributed by atoms with Crippen molar-refractivity contribution in [2.24, 2.45) is 5.92 Å². The lowest BCUT2D eigenvalue weighted by Gasteiger charge is -2.35. The highest BCUT2D eigenvalue weighted by Crippen LogP contribution is 2.39. The number of hydrogen-bond donors (Lipinski definition) is 0. The summed E-state index contributed by atoms with van der Waals surface area (Å²) in [6.07, 6.45) is 2.18. The summed E-state index contributed by atoms with van der Waals surface area (Å²) < 4.78 is 16.6. The van der Waals surface area contributed by atoms with E-state index in [1.54, 1.807) is 26.0 Å². The highest BCUT2D eigenvalue weighted by atomic mass is 16.6. The molecule has 0 aromatic rings. The van der Waals surface area contributed by atoms with Crippen molar-refractivity contribution in [1.82, 2.24) is 0 Å². The molecule has 0 aromatic heterocycles. The van der Waals surface area contributed by atoms with Crippen LogP contribution in [0.25, 0.3) is 0 Å². The van der Waals surface area contributed by atoms with Gasteiger partial charge in [0.05, 0.1) is 5.92 Å². The summed E-state index contributed by atoms with van der Waals surface area (Å²) in [5.41, 5.74) is -0.119. The summed E-state index contributed by atoms with van der Waals surface area (Å²) >= 11 is 0. The molecule has 7 heteroatoms. The van der Waals surface area contributed by atoms with Crippen molar-refractivity contribution in [1.29, 1.82) is 0 Å². The van der Waals surface area contributed by atoms with Gasteiger partial charge in [0.1, 0.15) is 12.2 Å². The minimum atomic E-state index is -1.52. The molecule has 158 valence electrons. The zero-order valence-corrected chi connectivity index (χ0v) is 17.6. The maximum absolute atomic E-state index is 12.9. The van der Waals surface area contributed by atoms with E-state index in [1.807, 2.05) is 6.92 Å². The summed E-state index contributed by atoms with van der Waals surface area (Å²) in [7, 11) is 0. The largest absolute Gasteiger partial charge is 0.458 e. The van der Waals surface area contributed by atoms with Crippen LogP contribution >= 0.6 is 0 Å². The number of carbonyl (C=O) groups is 4. The summed E-state index contributed by atoms with van der Waals surface area (Å²) in [5, 5.41) is 0. The molecule has 0 amide bonds. The van der Waals surface area contributed by atoms with Crippen molar-refractivity contribution in [2.45, 2.75) is 71.7 Å². The topological polar surface area (TPSA) is 96.0 Å². The van der Waals surface area contributed by atoms with E-state index < -0.39 is 41.6 Å². The Bertz CT molecular complexity index is 804. The van der Waals surface area contributed by atoms with Crippen LogP contribution in [0.5, 0.6) is 0 Å². The number of carbonyl (C=O) groups excluding carboxylic acids is 4. The maximum atomic E-state index is 12.9. The van der Waals surface area contributed by atoms with E-state index in [0.29, 0.717) is 12.0 Å². The lowest BCUT2D eigenvalue weighted by molar-refractivity contribution is -0.171. The van der Waals surface area contributed by atoms with E-state index >= 15 is 0 Å². The summed E-state index contributed by atoms with van der Waals surface area (Å²) in [4.78, 5) is 49.3. The van der Waals surface area contributed by atoms with Gasteiger partial charge in [0.25, 0.3) is 0 Å². The first-order valence-electron chi connectivity index (χ1n) is 9.60.